The van der Waals surface area contributed by atoms with E-state index in [2.05, 4.69) is 10.6 Å². The van der Waals surface area contributed by atoms with Crippen LogP contribution in [0.3, 0.4) is 0 Å². The molecule has 7 nitrogen and oxygen atoms in total. The number of carbonyl (C=O) groups is 2. The standard InChI is InChI=1S/C23H27N3O4/c1-3-24-21(27)14-30-19-12-9-15(13-20(19)29-4-2)22-25-18-8-6-5-7-17(18)23(28)26(22)16-10-11-16/h5-9,12-13,16,22,25H,3-4,10-11,14H2,1-2H3,(H,24,27)/t22-/m1/s1. The second kappa shape index (κ2) is 8.65. The number of hydrogen-bond donors (Lipinski definition) is 2. The summed E-state index contributed by atoms with van der Waals surface area (Å²) in [5.41, 5.74) is 2.45. The summed E-state index contributed by atoms with van der Waals surface area (Å²) >= 11 is 0. The van der Waals surface area contributed by atoms with Crippen molar-refractivity contribution in [1.82, 2.24) is 10.2 Å². The predicted molar refractivity (Wildman–Crippen MR) is 114 cm³/mol. The number of ether oxygens (including phenoxy) is 2. The fourth-order valence-electron chi connectivity index (χ4n) is 3.72. The third kappa shape index (κ3) is 4.06. The van der Waals surface area contributed by atoms with Crippen molar-refractivity contribution in [3.8, 4) is 11.5 Å². The van der Waals surface area contributed by atoms with Gasteiger partial charge in [0, 0.05) is 18.3 Å². The summed E-state index contributed by atoms with van der Waals surface area (Å²) in [6.45, 7) is 4.71. The minimum absolute atomic E-state index is 0.0476. The van der Waals surface area contributed by atoms with Gasteiger partial charge in [-0.2, -0.15) is 0 Å². The van der Waals surface area contributed by atoms with Crippen LogP contribution in [-0.4, -0.2) is 42.5 Å². The lowest BCUT2D eigenvalue weighted by molar-refractivity contribution is -0.123. The normalized spacial score (nSPS) is 17.7. The first kappa shape index (κ1) is 20.1. The zero-order chi connectivity index (χ0) is 21.1. The first-order valence-electron chi connectivity index (χ1n) is 10.5. The van der Waals surface area contributed by atoms with E-state index in [4.69, 9.17) is 9.47 Å². The number of fused-ring (bicyclic) bond motifs is 1. The Morgan fingerprint density at radius 1 is 1.13 bits per heavy atom. The van der Waals surface area contributed by atoms with Gasteiger partial charge >= 0.3 is 0 Å². The Morgan fingerprint density at radius 2 is 1.93 bits per heavy atom. The van der Waals surface area contributed by atoms with Gasteiger partial charge in [0.15, 0.2) is 18.1 Å². The zero-order valence-electron chi connectivity index (χ0n) is 17.3. The number of rotatable bonds is 8. The maximum atomic E-state index is 13.2. The number of anilines is 1. The molecule has 30 heavy (non-hydrogen) atoms. The topological polar surface area (TPSA) is 79.9 Å². The summed E-state index contributed by atoms with van der Waals surface area (Å²) in [6, 6.07) is 13.5. The van der Waals surface area contributed by atoms with E-state index >= 15 is 0 Å². The van der Waals surface area contributed by atoms with Crippen LogP contribution in [-0.2, 0) is 4.79 Å². The van der Waals surface area contributed by atoms with Gasteiger partial charge in [0.1, 0.15) is 6.17 Å². The quantitative estimate of drug-likeness (QED) is 0.699. The minimum Gasteiger partial charge on any atom is -0.490 e. The molecular weight excluding hydrogens is 382 g/mol. The molecule has 4 rings (SSSR count). The first-order valence-corrected chi connectivity index (χ1v) is 10.5. The summed E-state index contributed by atoms with van der Waals surface area (Å²) in [7, 11) is 0. The fourth-order valence-corrected chi connectivity index (χ4v) is 3.72. The van der Waals surface area contributed by atoms with Gasteiger partial charge < -0.3 is 25.0 Å². The fraction of sp³-hybridized carbons (Fsp3) is 0.391. The van der Waals surface area contributed by atoms with Gasteiger partial charge in [-0.15, -0.1) is 0 Å². The Balaban J connectivity index is 1.63. The van der Waals surface area contributed by atoms with Crippen LogP contribution in [0.1, 0.15) is 48.8 Å². The van der Waals surface area contributed by atoms with E-state index in [1.807, 2.05) is 55.1 Å². The molecule has 2 aromatic carbocycles. The number of likely N-dealkylation sites (N-methyl/N-ethyl adjacent to an activating group) is 1. The van der Waals surface area contributed by atoms with E-state index < -0.39 is 0 Å². The van der Waals surface area contributed by atoms with Crippen molar-refractivity contribution in [2.75, 3.05) is 25.1 Å². The van der Waals surface area contributed by atoms with E-state index in [9.17, 15) is 9.59 Å². The second-order valence-electron chi connectivity index (χ2n) is 7.42. The average Bonchev–Trinajstić information content (AvgIpc) is 3.58. The minimum atomic E-state index is -0.281. The molecule has 0 bridgehead atoms. The molecule has 1 saturated carbocycles. The Hall–Kier alpha value is -3.22. The molecule has 0 spiro atoms. The molecule has 158 valence electrons. The monoisotopic (exact) mass is 409 g/mol. The summed E-state index contributed by atoms with van der Waals surface area (Å²) in [5.74, 6) is 0.932. The molecule has 1 aliphatic heterocycles. The second-order valence-corrected chi connectivity index (χ2v) is 7.42. The number of benzene rings is 2. The molecule has 1 aliphatic carbocycles. The lowest BCUT2D eigenvalue weighted by Crippen LogP contribution is -2.44. The number of nitrogens with one attached hydrogen (secondary N) is 2. The van der Waals surface area contributed by atoms with Gasteiger partial charge in [0.25, 0.3) is 11.8 Å². The molecule has 7 heteroatoms. The molecule has 0 unspecified atom stereocenters. The molecule has 0 saturated heterocycles. The van der Waals surface area contributed by atoms with Crippen LogP contribution in [0.5, 0.6) is 11.5 Å². The van der Waals surface area contributed by atoms with Crippen LogP contribution in [0.2, 0.25) is 0 Å². The van der Waals surface area contributed by atoms with E-state index in [-0.39, 0.29) is 30.6 Å². The highest BCUT2D eigenvalue weighted by molar-refractivity contribution is 6.02. The Morgan fingerprint density at radius 3 is 2.67 bits per heavy atom. The summed E-state index contributed by atoms with van der Waals surface area (Å²) < 4.78 is 11.5. The SMILES string of the molecule is CCNC(=O)COc1ccc([C@@H]2Nc3ccccc3C(=O)N2C2CC2)cc1OCC. The van der Waals surface area contributed by atoms with Crippen LogP contribution in [0.4, 0.5) is 5.69 Å². The number of para-hydroxylation sites is 1. The van der Waals surface area contributed by atoms with E-state index in [0.29, 0.717) is 30.2 Å². The maximum Gasteiger partial charge on any atom is 0.258 e. The molecule has 0 radical (unpaired) electrons. The van der Waals surface area contributed by atoms with Crippen LogP contribution in [0.15, 0.2) is 42.5 Å². The van der Waals surface area contributed by atoms with Gasteiger partial charge in [-0.1, -0.05) is 18.2 Å². The third-order valence-electron chi connectivity index (χ3n) is 5.22. The van der Waals surface area contributed by atoms with E-state index in [0.717, 1.165) is 24.1 Å². The number of nitrogens with zero attached hydrogens (tertiary/aromatic N) is 1. The van der Waals surface area contributed by atoms with Gasteiger partial charge in [-0.25, -0.2) is 0 Å². The molecule has 1 heterocycles. The highest BCUT2D eigenvalue weighted by Gasteiger charge is 2.42. The number of hydrogen-bond acceptors (Lipinski definition) is 5. The van der Waals surface area contributed by atoms with Crippen LogP contribution in [0.25, 0.3) is 0 Å². The van der Waals surface area contributed by atoms with Gasteiger partial charge in [0.2, 0.25) is 0 Å². The molecule has 0 aromatic heterocycles. The Labute approximate surface area is 176 Å². The molecule has 2 amide bonds. The summed E-state index contributed by atoms with van der Waals surface area (Å²) in [4.78, 5) is 26.9. The molecular formula is C23H27N3O4. The van der Waals surface area contributed by atoms with Crippen molar-refractivity contribution in [2.24, 2.45) is 0 Å². The van der Waals surface area contributed by atoms with Crippen molar-refractivity contribution in [2.45, 2.75) is 38.9 Å². The van der Waals surface area contributed by atoms with Crippen molar-refractivity contribution in [3.63, 3.8) is 0 Å². The molecule has 1 fully saturated rings. The van der Waals surface area contributed by atoms with Gasteiger partial charge in [-0.05, 0) is 56.5 Å². The number of amides is 2. The Kier molecular flexibility index (Phi) is 5.79. The molecule has 2 N–H and O–H groups in total. The van der Waals surface area contributed by atoms with Gasteiger partial charge in [0.05, 0.1) is 12.2 Å². The summed E-state index contributed by atoms with van der Waals surface area (Å²) in [6.07, 6.45) is 1.74. The zero-order valence-corrected chi connectivity index (χ0v) is 17.3. The molecule has 2 aromatic rings. The van der Waals surface area contributed by atoms with Gasteiger partial charge in [-0.3, -0.25) is 9.59 Å². The largest absolute Gasteiger partial charge is 0.490 e. The molecule has 2 aliphatic rings. The van der Waals surface area contributed by atoms with E-state index in [1.54, 1.807) is 6.07 Å². The average molecular weight is 409 g/mol. The van der Waals surface area contributed by atoms with Crippen LogP contribution >= 0.6 is 0 Å². The lowest BCUT2D eigenvalue weighted by Gasteiger charge is -2.38. The molecule has 1 atom stereocenters. The van der Waals surface area contributed by atoms with Crippen molar-refractivity contribution < 1.29 is 19.1 Å². The van der Waals surface area contributed by atoms with Crippen molar-refractivity contribution in [1.29, 1.82) is 0 Å². The first-order chi connectivity index (χ1) is 14.6. The third-order valence-corrected chi connectivity index (χ3v) is 5.22. The van der Waals surface area contributed by atoms with Crippen molar-refractivity contribution in [3.05, 3.63) is 53.6 Å². The number of carbonyl (C=O) groups excluding carboxylic acids is 2. The highest BCUT2D eigenvalue weighted by atomic mass is 16.5. The van der Waals surface area contributed by atoms with Crippen LogP contribution in [0, 0.1) is 0 Å². The Bertz CT molecular complexity index is 942. The maximum absolute atomic E-state index is 13.2. The van der Waals surface area contributed by atoms with Crippen LogP contribution < -0.4 is 20.1 Å². The smallest absolute Gasteiger partial charge is 0.258 e. The lowest BCUT2D eigenvalue weighted by atomic mass is 10.0. The highest BCUT2D eigenvalue weighted by Crippen LogP contribution is 2.42. The summed E-state index contributed by atoms with van der Waals surface area (Å²) in [5, 5.41) is 6.23. The van der Waals surface area contributed by atoms with E-state index in [1.165, 1.54) is 0 Å². The van der Waals surface area contributed by atoms with Crippen molar-refractivity contribution >= 4 is 17.5 Å². The predicted octanol–water partition coefficient (Wildman–Crippen LogP) is 3.33.